The van der Waals surface area contributed by atoms with Gasteiger partial charge in [-0.25, -0.2) is 4.39 Å². The van der Waals surface area contributed by atoms with Gasteiger partial charge in [0.05, 0.1) is 5.75 Å². The molecule has 0 fully saturated rings. The molecule has 1 aromatic rings. The quantitative estimate of drug-likeness (QED) is 0.546. The summed E-state index contributed by atoms with van der Waals surface area (Å²) in [6, 6.07) is 6.38. The second kappa shape index (κ2) is 6.40. The fraction of sp³-hybridized carbons (Fsp3) is 0.250. The van der Waals surface area contributed by atoms with Crippen LogP contribution in [0.3, 0.4) is 0 Å². The van der Waals surface area contributed by atoms with Gasteiger partial charge in [-0.15, -0.1) is 18.3 Å². The summed E-state index contributed by atoms with van der Waals surface area (Å²) in [4.78, 5) is 11.4. The fourth-order valence-corrected chi connectivity index (χ4v) is 1.78. The van der Waals surface area contributed by atoms with Crippen LogP contribution in [0, 0.1) is 5.82 Å². The molecule has 1 aromatic carbocycles. The van der Waals surface area contributed by atoms with E-state index in [1.165, 1.54) is 17.8 Å². The van der Waals surface area contributed by atoms with Crippen LogP contribution in [-0.2, 0) is 11.2 Å². The minimum atomic E-state index is -0.306. The van der Waals surface area contributed by atoms with Gasteiger partial charge in [-0.2, -0.15) is 0 Å². The van der Waals surface area contributed by atoms with Crippen molar-refractivity contribution >= 4 is 17.5 Å². The molecule has 0 spiro atoms. The number of carbonyl (C=O) groups excluding carboxylic acids is 1. The first-order valence-electron chi connectivity index (χ1n) is 4.67. The van der Waals surface area contributed by atoms with E-state index >= 15 is 0 Å². The van der Waals surface area contributed by atoms with Crippen molar-refractivity contribution in [2.75, 3.05) is 11.5 Å². The van der Waals surface area contributed by atoms with Crippen LogP contribution in [-0.4, -0.2) is 17.3 Å². The van der Waals surface area contributed by atoms with Gasteiger partial charge in [-0.1, -0.05) is 24.3 Å². The predicted molar refractivity (Wildman–Crippen MR) is 62.6 cm³/mol. The summed E-state index contributed by atoms with van der Waals surface area (Å²) in [5.41, 5.74) is 0.474. The molecule has 0 saturated heterocycles. The lowest BCUT2D eigenvalue weighted by atomic mass is 10.1. The first-order valence-corrected chi connectivity index (χ1v) is 5.83. The van der Waals surface area contributed by atoms with Crippen molar-refractivity contribution in [3.63, 3.8) is 0 Å². The third kappa shape index (κ3) is 4.30. The first kappa shape index (κ1) is 12.0. The Morgan fingerprint density at radius 1 is 1.47 bits per heavy atom. The zero-order valence-electron chi connectivity index (χ0n) is 8.41. The number of carbonyl (C=O) groups is 1. The average Bonchev–Trinajstić information content (AvgIpc) is 2.22. The summed E-state index contributed by atoms with van der Waals surface area (Å²) >= 11 is 1.50. The highest BCUT2D eigenvalue weighted by atomic mass is 32.2. The minimum absolute atomic E-state index is 0.0481. The molecule has 0 unspecified atom stereocenters. The molecule has 15 heavy (non-hydrogen) atoms. The summed E-state index contributed by atoms with van der Waals surface area (Å²) < 4.78 is 13.2. The van der Waals surface area contributed by atoms with E-state index in [4.69, 9.17) is 0 Å². The van der Waals surface area contributed by atoms with Gasteiger partial charge in [0, 0.05) is 12.2 Å². The van der Waals surface area contributed by atoms with Gasteiger partial charge in [0.1, 0.15) is 11.6 Å². The van der Waals surface area contributed by atoms with E-state index in [1.807, 2.05) is 0 Å². The van der Waals surface area contributed by atoms with Gasteiger partial charge in [0.2, 0.25) is 0 Å². The summed E-state index contributed by atoms with van der Waals surface area (Å²) in [6.07, 6.45) is 1.93. The molecule has 0 aromatic heterocycles. The maximum absolute atomic E-state index is 13.2. The number of Topliss-reactive ketones (excluding diaryl/α,β-unsaturated/α-hetero) is 1. The molecular formula is C12H13FOS. The molecule has 0 bridgehead atoms. The third-order valence-electron chi connectivity index (χ3n) is 1.84. The van der Waals surface area contributed by atoms with Crippen LogP contribution < -0.4 is 0 Å². The third-order valence-corrected chi connectivity index (χ3v) is 2.84. The Kier molecular flexibility index (Phi) is 5.12. The Labute approximate surface area is 93.4 Å². The van der Waals surface area contributed by atoms with Gasteiger partial charge in [-0.3, -0.25) is 4.79 Å². The molecule has 0 aliphatic carbocycles. The smallest absolute Gasteiger partial charge is 0.147 e. The Balaban J connectivity index is 2.44. The van der Waals surface area contributed by atoms with Gasteiger partial charge in [0.25, 0.3) is 0 Å². The molecule has 0 N–H and O–H groups in total. The SMILES string of the molecule is C=CCSCC(=O)Cc1ccccc1F. The van der Waals surface area contributed by atoms with E-state index in [9.17, 15) is 9.18 Å². The minimum Gasteiger partial charge on any atom is -0.298 e. The van der Waals surface area contributed by atoms with Gasteiger partial charge in [-0.05, 0) is 11.6 Å². The molecule has 0 aliphatic heterocycles. The van der Waals surface area contributed by atoms with Crippen LogP contribution in [0.15, 0.2) is 36.9 Å². The molecule has 80 valence electrons. The van der Waals surface area contributed by atoms with Crippen molar-refractivity contribution in [3.05, 3.63) is 48.3 Å². The van der Waals surface area contributed by atoms with Crippen molar-refractivity contribution < 1.29 is 9.18 Å². The number of hydrogen-bond acceptors (Lipinski definition) is 2. The Bertz CT molecular complexity index is 349. The lowest BCUT2D eigenvalue weighted by Gasteiger charge is -2.01. The van der Waals surface area contributed by atoms with Crippen LogP contribution >= 0.6 is 11.8 Å². The van der Waals surface area contributed by atoms with E-state index in [0.717, 1.165) is 5.75 Å². The molecule has 0 atom stereocenters. The van der Waals surface area contributed by atoms with E-state index in [0.29, 0.717) is 11.3 Å². The maximum atomic E-state index is 13.2. The number of halogens is 1. The zero-order valence-corrected chi connectivity index (χ0v) is 9.23. The van der Waals surface area contributed by atoms with Crippen LogP contribution in [0.2, 0.25) is 0 Å². The zero-order chi connectivity index (χ0) is 11.1. The largest absolute Gasteiger partial charge is 0.298 e. The highest BCUT2D eigenvalue weighted by Crippen LogP contribution is 2.09. The van der Waals surface area contributed by atoms with Crippen LogP contribution in [0.1, 0.15) is 5.56 Å². The molecule has 1 nitrogen and oxygen atoms in total. The molecule has 0 amide bonds. The Morgan fingerprint density at radius 2 is 2.20 bits per heavy atom. The number of hydrogen-bond donors (Lipinski definition) is 0. The molecule has 3 heteroatoms. The Morgan fingerprint density at radius 3 is 2.87 bits per heavy atom. The number of rotatable bonds is 6. The van der Waals surface area contributed by atoms with Crippen molar-refractivity contribution in [3.8, 4) is 0 Å². The lowest BCUT2D eigenvalue weighted by molar-refractivity contribution is -0.116. The molecule has 1 rings (SSSR count). The van der Waals surface area contributed by atoms with E-state index in [2.05, 4.69) is 6.58 Å². The predicted octanol–water partition coefficient (Wildman–Crippen LogP) is 2.86. The maximum Gasteiger partial charge on any atom is 0.147 e. The van der Waals surface area contributed by atoms with Gasteiger partial charge < -0.3 is 0 Å². The average molecular weight is 224 g/mol. The molecule has 0 saturated carbocycles. The summed E-state index contributed by atoms with van der Waals surface area (Å²) in [5, 5.41) is 0. The number of ketones is 1. The van der Waals surface area contributed by atoms with E-state index in [1.54, 1.807) is 24.3 Å². The van der Waals surface area contributed by atoms with E-state index < -0.39 is 0 Å². The van der Waals surface area contributed by atoms with Gasteiger partial charge in [0.15, 0.2) is 0 Å². The monoisotopic (exact) mass is 224 g/mol. The molecular weight excluding hydrogens is 211 g/mol. The standard InChI is InChI=1S/C12H13FOS/c1-2-7-15-9-11(14)8-10-5-3-4-6-12(10)13/h2-6H,1,7-9H2. The topological polar surface area (TPSA) is 17.1 Å². The Hall–Kier alpha value is -1.09. The summed E-state index contributed by atoms with van der Waals surface area (Å²) in [7, 11) is 0. The van der Waals surface area contributed by atoms with Gasteiger partial charge >= 0.3 is 0 Å². The summed E-state index contributed by atoms with van der Waals surface area (Å²) in [5.74, 6) is 0.912. The fourth-order valence-electron chi connectivity index (χ4n) is 1.16. The second-order valence-electron chi connectivity index (χ2n) is 3.11. The van der Waals surface area contributed by atoms with Crippen LogP contribution in [0.5, 0.6) is 0 Å². The second-order valence-corrected chi connectivity index (χ2v) is 4.14. The normalized spacial score (nSPS) is 9.93. The van der Waals surface area contributed by atoms with Crippen LogP contribution in [0.4, 0.5) is 4.39 Å². The van der Waals surface area contributed by atoms with Crippen molar-refractivity contribution in [1.29, 1.82) is 0 Å². The van der Waals surface area contributed by atoms with E-state index in [-0.39, 0.29) is 18.0 Å². The van der Waals surface area contributed by atoms with Crippen molar-refractivity contribution in [2.45, 2.75) is 6.42 Å². The molecule has 0 aliphatic rings. The first-order chi connectivity index (χ1) is 7.24. The van der Waals surface area contributed by atoms with Crippen molar-refractivity contribution in [1.82, 2.24) is 0 Å². The highest BCUT2D eigenvalue weighted by Gasteiger charge is 2.06. The number of benzene rings is 1. The lowest BCUT2D eigenvalue weighted by Crippen LogP contribution is -2.07. The van der Waals surface area contributed by atoms with Crippen molar-refractivity contribution in [2.24, 2.45) is 0 Å². The number of thioether (sulfide) groups is 1. The highest BCUT2D eigenvalue weighted by molar-refractivity contribution is 8.00. The molecule has 0 heterocycles. The summed E-state index contributed by atoms with van der Waals surface area (Å²) in [6.45, 7) is 3.56. The van der Waals surface area contributed by atoms with Crippen LogP contribution in [0.25, 0.3) is 0 Å². The molecule has 0 radical (unpaired) electrons.